The van der Waals surface area contributed by atoms with Crippen LogP contribution in [0.15, 0.2) is 28.7 Å². The van der Waals surface area contributed by atoms with Crippen LogP contribution in [0.5, 0.6) is 0 Å². The van der Waals surface area contributed by atoms with E-state index in [-0.39, 0.29) is 23.0 Å². The molecule has 4 heteroatoms. The van der Waals surface area contributed by atoms with Crippen molar-refractivity contribution >= 4 is 11.0 Å². The van der Waals surface area contributed by atoms with Gasteiger partial charge in [-0.25, -0.2) is 4.39 Å². The zero-order chi connectivity index (χ0) is 14.9. The summed E-state index contributed by atoms with van der Waals surface area (Å²) in [6.45, 7) is 2.61. The van der Waals surface area contributed by atoms with Crippen molar-refractivity contribution in [1.29, 1.82) is 0 Å². The van der Waals surface area contributed by atoms with Crippen molar-refractivity contribution in [2.45, 2.75) is 50.7 Å². The minimum absolute atomic E-state index is 0.283. The Balaban J connectivity index is 1.97. The van der Waals surface area contributed by atoms with E-state index in [1.807, 2.05) is 19.1 Å². The molecule has 3 rings (SSSR count). The van der Waals surface area contributed by atoms with Gasteiger partial charge < -0.3 is 14.9 Å². The van der Waals surface area contributed by atoms with Crippen LogP contribution in [0.2, 0.25) is 0 Å². The van der Waals surface area contributed by atoms with Crippen LogP contribution < -0.4 is 5.73 Å². The van der Waals surface area contributed by atoms with E-state index in [1.54, 1.807) is 6.07 Å². The van der Waals surface area contributed by atoms with Crippen LogP contribution in [-0.4, -0.2) is 12.2 Å². The predicted octanol–water partition coefficient (Wildman–Crippen LogP) is 4.31. The highest BCUT2D eigenvalue weighted by molar-refractivity contribution is 5.78. The summed E-state index contributed by atoms with van der Waals surface area (Å²) in [7, 11) is 0. The van der Waals surface area contributed by atoms with E-state index in [9.17, 15) is 4.39 Å². The van der Waals surface area contributed by atoms with Crippen molar-refractivity contribution in [3.63, 3.8) is 0 Å². The third kappa shape index (κ3) is 2.58. The monoisotopic (exact) mass is 291 g/mol. The fourth-order valence-corrected chi connectivity index (χ4v) is 3.44. The number of fused-ring (bicyclic) bond motifs is 1. The molecule has 114 valence electrons. The molecule has 1 heterocycles. The van der Waals surface area contributed by atoms with Gasteiger partial charge in [-0.05, 0) is 31.9 Å². The zero-order valence-corrected chi connectivity index (χ0v) is 12.4. The van der Waals surface area contributed by atoms with E-state index < -0.39 is 0 Å². The molecule has 1 unspecified atom stereocenters. The molecule has 1 aliphatic rings. The normalized spacial score (nSPS) is 19.8. The Morgan fingerprint density at radius 2 is 2.10 bits per heavy atom. The summed E-state index contributed by atoms with van der Waals surface area (Å²) < 4.78 is 25.5. The highest BCUT2D eigenvalue weighted by atomic mass is 19.1. The number of hydrogen-bond acceptors (Lipinski definition) is 3. The first kappa shape index (κ1) is 14.5. The minimum atomic E-state index is -0.378. The SMILES string of the molecule is CCOC1(C(N)c2cc3cccc(F)c3o2)CCCCC1. The van der Waals surface area contributed by atoms with Gasteiger partial charge in [0.15, 0.2) is 11.4 Å². The smallest absolute Gasteiger partial charge is 0.169 e. The Morgan fingerprint density at radius 1 is 1.33 bits per heavy atom. The van der Waals surface area contributed by atoms with E-state index in [4.69, 9.17) is 14.9 Å². The molecule has 21 heavy (non-hydrogen) atoms. The van der Waals surface area contributed by atoms with Gasteiger partial charge in [0.1, 0.15) is 5.76 Å². The zero-order valence-electron chi connectivity index (χ0n) is 12.4. The second-order valence-corrected chi connectivity index (χ2v) is 5.84. The predicted molar refractivity (Wildman–Crippen MR) is 80.5 cm³/mol. The Kier molecular flexibility index (Phi) is 4.00. The van der Waals surface area contributed by atoms with Crippen molar-refractivity contribution < 1.29 is 13.5 Å². The first-order valence-electron chi connectivity index (χ1n) is 7.74. The molecule has 2 aromatic rings. The topological polar surface area (TPSA) is 48.4 Å². The van der Waals surface area contributed by atoms with Crippen molar-refractivity contribution in [3.05, 3.63) is 35.8 Å². The number of benzene rings is 1. The average molecular weight is 291 g/mol. The summed E-state index contributed by atoms with van der Waals surface area (Å²) in [5.74, 6) is 0.269. The van der Waals surface area contributed by atoms with Gasteiger partial charge in [-0.3, -0.25) is 0 Å². The van der Waals surface area contributed by atoms with Crippen LogP contribution in [0.1, 0.15) is 50.8 Å². The molecule has 0 amide bonds. The van der Waals surface area contributed by atoms with E-state index in [1.165, 1.54) is 12.5 Å². The molecule has 1 atom stereocenters. The van der Waals surface area contributed by atoms with Crippen LogP contribution in [0, 0.1) is 5.82 Å². The fourth-order valence-electron chi connectivity index (χ4n) is 3.44. The van der Waals surface area contributed by atoms with Crippen molar-refractivity contribution in [1.82, 2.24) is 0 Å². The van der Waals surface area contributed by atoms with E-state index >= 15 is 0 Å². The molecule has 0 radical (unpaired) electrons. The van der Waals surface area contributed by atoms with E-state index in [2.05, 4.69) is 0 Å². The quantitative estimate of drug-likeness (QED) is 0.913. The second-order valence-electron chi connectivity index (χ2n) is 5.84. The molecule has 1 aromatic carbocycles. The third-order valence-electron chi connectivity index (χ3n) is 4.52. The number of furan rings is 1. The van der Waals surface area contributed by atoms with Gasteiger partial charge in [-0.15, -0.1) is 0 Å². The summed E-state index contributed by atoms with van der Waals surface area (Å²) in [6, 6.07) is 6.41. The molecule has 1 saturated carbocycles. The molecular weight excluding hydrogens is 269 g/mol. The Hall–Kier alpha value is -1.39. The third-order valence-corrected chi connectivity index (χ3v) is 4.52. The molecule has 0 aliphatic heterocycles. The summed E-state index contributed by atoms with van der Waals surface area (Å²) in [5.41, 5.74) is 6.37. The molecule has 2 N–H and O–H groups in total. The van der Waals surface area contributed by atoms with Gasteiger partial charge in [-0.2, -0.15) is 0 Å². The maximum atomic E-state index is 13.8. The van der Waals surface area contributed by atoms with Crippen LogP contribution in [0.25, 0.3) is 11.0 Å². The van der Waals surface area contributed by atoms with Crippen LogP contribution in [0.3, 0.4) is 0 Å². The lowest BCUT2D eigenvalue weighted by atomic mass is 9.78. The number of rotatable bonds is 4. The summed E-state index contributed by atoms with van der Waals surface area (Å²) in [6.07, 6.45) is 5.31. The van der Waals surface area contributed by atoms with Gasteiger partial charge in [0.25, 0.3) is 0 Å². The maximum Gasteiger partial charge on any atom is 0.169 e. The maximum absolute atomic E-state index is 13.8. The van der Waals surface area contributed by atoms with Crippen molar-refractivity contribution in [3.8, 4) is 0 Å². The first-order chi connectivity index (χ1) is 10.2. The molecule has 0 saturated heterocycles. The van der Waals surface area contributed by atoms with E-state index in [0.29, 0.717) is 12.4 Å². The Bertz CT molecular complexity index is 611. The number of para-hydroxylation sites is 1. The van der Waals surface area contributed by atoms with Gasteiger partial charge in [-0.1, -0.05) is 31.4 Å². The van der Waals surface area contributed by atoms with E-state index in [0.717, 1.165) is 31.1 Å². The summed E-state index contributed by atoms with van der Waals surface area (Å²) in [4.78, 5) is 0. The van der Waals surface area contributed by atoms with Crippen LogP contribution >= 0.6 is 0 Å². The van der Waals surface area contributed by atoms with Crippen LogP contribution in [0.4, 0.5) is 4.39 Å². The lowest BCUT2D eigenvalue weighted by Crippen LogP contribution is -2.45. The largest absolute Gasteiger partial charge is 0.456 e. The molecule has 0 spiro atoms. The molecule has 1 fully saturated rings. The second kappa shape index (κ2) is 5.78. The first-order valence-corrected chi connectivity index (χ1v) is 7.74. The lowest BCUT2D eigenvalue weighted by molar-refractivity contribution is -0.0864. The summed E-state index contributed by atoms with van der Waals surface area (Å²) in [5, 5.41) is 0.753. The number of ether oxygens (including phenoxy) is 1. The van der Waals surface area contributed by atoms with Crippen molar-refractivity contribution in [2.24, 2.45) is 5.73 Å². The van der Waals surface area contributed by atoms with Gasteiger partial charge in [0.2, 0.25) is 0 Å². The minimum Gasteiger partial charge on any atom is -0.456 e. The molecule has 0 bridgehead atoms. The Morgan fingerprint density at radius 3 is 2.76 bits per heavy atom. The highest BCUT2D eigenvalue weighted by Gasteiger charge is 2.41. The summed E-state index contributed by atoms with van der Waals surface area (Å²) >= 11 is 0. The molecule has 1 aromatic heterocycles. The number of halogens is 1. The number of nitrogens with two attached hydrogens (primary N) is 1. The average Bonchev–Trinajstić information content (AvgIpc) is 2.93. The van der Waals surface area contributed by atoms with Crippen molar-refractivity contribution in [2.75, 3.05) is 6.61 Å². The van der Waals surface area contributed by atoms with Gasteiger partial charge >= 0.3 is 0 Å². The van der Waals surface area contributed by atoms with Crippen LogP contribution in [-0.2, 0) is 4.74 Å². The lowest BCUT2D eigenvalue weighted by Gasteiger charge is -2.40. The van der Waals surface area contributed by atoms with Gasteiger partial charge in [0, 0.05) is 12.0 Å². The standard InChI is InChI=1S/C17H22FNO2/c1-2-20-17(9-4-3-5-10-17)16(19)14-11-12-7-6-8-13(18)15(12)21-14/h6-8,11,16H,2-5,9-10,19H2,1H3. The fraction of sp³-hybridized carbons (Fsp3) is 0.529. The molecular formula is C17H22FNO2. The van der Waals surface area contributed by atoms with Gasteiger partial charge in [0.05, 0.1) is 11.6 Å². The highest BCUT2D eigenvalue weighted by Crippen LogP contribution is 2.41. The molecule has 1 aliphatic carbocycles. The number of hydrogen-bond donors (Lipinski definition) is 1. The molecule has 3 nitrogen and oxygen atoms in total. The Labute approximate surface area is 124 Å².